The van der Waals surface area contributed by atoms with Crippen LogP contribution in [0.5, 0.6) is 0 Å². The molecule has 1 N–H and O–H groups in total. The summed E-state index contributed by atoms with van der Waals surface area (Å²) in [7, 11) is 0. The fourth-order valence-electron chi connectivity index (χ4n) is 1.82. The van der Waals surface area contributed by atoms with Crippen LogP contribution in [0, 0.1) is 0 Å². The van der Waals surface area contributed by atoms with E-state index < -0.39 is 5.97 Å². The first-order valence-electron chi connectivity index (χ1n) is 5.67. The molecule has 1 amide bonds. The van der Waals surface area contributed by atoms with Crippen LogP contribution in [0.25, 0.3) is 0 Å². The summed E-state index contributed by atoms with van der Waals surface area (Å²) in [5.74, 6) is -1.33. The van der Waals surface area contributed by atoms with Crippen LogP contribution in [0.15, 0.2) is 40.1 Å². The minimum Gasteiger partial charge on any atom is -0.478 e. The van der Waals surface area contributed by atoms with Gasteiger partial charge in [-0.15, -0.1) is 0 Å². The topological polar surface area (TPSA) is 57.6 Å². The molecule has 0 fully saturated rings. The lowest BCUT2D eigenvalue weighted by Gasteiger charge is -2.29. The van der Waals surface area contributed by atoms with Crippen LogP contribution in [0.2, 0.25) is 0 Å². The molecule has 1 aromatic carbocycles. The molecule has 0 unspecified atom stereocenters. The molecule has 94 valence electrons. The quantitative estimate of drug-likeness (QED) is 0.851. The number of hydrogen-bond acceptors (Lipinski definition) is 3. The van der Waals surface area contributed by atoms with E-state index in [-0.39, 0.29) is 10.8 Å². The van der Waals surface area contributed by atoms with Crippen LogP contribution in [0.1, 0.15) is 13.3 Å². The lowest BCUT2D eigenvalue weighted by molar-refractivity contribution is -0.131. The third kappa shape index (κ3) is 2.41. The van der Waals surface area contributed by atoms with Crippen molar-refractivity contribution in [2.45, 2.75) is 18.2 Å². The molecule has 2 rings (SSSR count). The zero-order chi connectivity index (χ0) is 13.1. The van der Waals surface area contributed by atoms with Gasteiger partial charge in [0.05, 0.1) is 10.6 Å². The van der Waals surface area contributed by atoms with Crippen molar-refractivity contribution in [3.63, 3.8) is 0 Å². The van der Waals surface area contributed by atoms with Gasteiger partial charge in [-0.2, -0.15) is 0 Å². The number of para-hydroxylation sites is 1. The molecule has 1 aliphatic heterocycles. The third-order valence-electron chi connectivity index (χ3n) is 2.53. The van der Waals surface area contributed by atoms with Crippen LogP contribution >= 0.6 is 11.8 Å². The van der Waals surface area contributed by atoms with Gasteiger partial charge < -0.3 is 10.0 Å². The first-order valence-corrected chi connectivity index (χ1v) is 6.48. The highest BCUT2D eigenvalue weighted by molar-refractivity contribution is 8.04. The summed E-state index contributed by atoms with van der Waals surface area (Å²) < 4.78 is 0. The molecule has 18 heavy (non-hydrogen) atoms. The maximum atomic E-state index is 12.2. The molecule has 4 nitrogen and oxygen atoms in total. The molecule has 0 saturated carbocycles. The third-order valence-corrected chi connectivity index (χ3v) is 3.61. The number of aliphatic carboxylic acids is 1. The Balaban J connectivity index is 2.46. The van der Waals surface area contributed by atoms with E-state index in [1.165, 1.54) is 11.8 Å². The molecule has 5 heteroatoms. The van der Waals surface area contributed by atoms with Crippen molar-refractivity contribution in [1.82, 2.24) is 0 Å². The Bertz CT molecular complexity index is 525. The standard InChI is InChI=1S/C13H13NO3S/c1-2-7-14-9-5-3-4-6-10(9)18-11(13(14)17)8-12(15)16/h3-6,8H,2,7H2,1H3,(H,15,16)/b11-8-. The van der Waals surface area contributed by atoms with E-state index >= 15 is 0 Å². The maximum Gasteiger partial charge on any atom is 0.329 e. The molecule has 0 spiro atoms. The number of benzene rings is 1. The fraction of sp³-hybridized carbons (Fsp3) is 0.231. The van der Waals surface area contributed by atoms with Crippen molar-refractivity contribution in [1.29, 1.82) is 0 Å². The van der Waals surface area contributed by atoms with Gasteiger partial charge in [0.25, 0.3) is 5.91 Å². The molecule has 1 aliphatic rings. The second kappa shape index (κ2) is 5.27. The van der Waals surface area contributed by atoms with E-state index in [4.69, 9.17) is 5.11 Å². The molecule has 0 aliphatic carbocycles. The number of rotatable bonds is 3. The smallest absolute Gasteiger partial charge is 0.329 e. The Hall–Kier alpha value is -1.75. The number of nitrogens with zero attached hydrogens (tertiary/aromatic N) is 1. The van der Waals surface area contributed by atoms with Gasteiger partial charge in [0.1, 0.15) is 0 Å². The zero-order valence-electron chi connectivity index (χ0n) is 9.92. The fourth-order valence-corrected chi connectivity index (χ4v) is 2.84. The molecule has 1 aromatic rings. The molecular weight excluding hydrogens is 250 g/mol. The second-order valence-corrected chi connectivity index (χ2v) is 4.96. The molecule has 0 atom stereocenters. The summed E-state index contributed by atoms with van der Waals surface area (Å²) in [6, 6.07) is 7.53. The van der Waals surface area contributed by atoms with Crippen LogP contribution in [0.4, 0.5) is 5.69 Å². The van der Waals surface area contributed by atoms with E-state index in [1.54, 1.807) is 4.90 Å². The second-order valence-electron chi connectivity index (χ2n) is 3.87. The van der Waals surface area contributed by atoms with Crippen molar-refractivity contribution in [3.05, 3.63) is 35.2 Å². The van der Waals surface area contributed by atoms with Crippen molar-refractivity contribution in [2.75, 3.05) is 11.4 Å². The van der Waals surface area contributed by atoms with Gasteiger partial charge in [-0.3, -0.25) is 4.79 Å². The van der Waals surface area contributed by atoms with Gasteiger partial charge in [-0.1, -0.05) is 30.8 Å². The number of amides is 1. The highest BCUT2D eigenvalue weighted by Crippen LogP contribution is 2.41. The lowest BCUT2D eigenvalue weighted by Crippen LogP contribution is -2.35. The number of carboxylic acids is 1. The first-order chi connectivity index (χ1) is 8.63. The predicted octanol–water partition coefficient (Wildman–Crippen LogP) is 2.50. The number of carboxylic acid groups (broad SMARTS) is 1. The maximum absolute atomic E-state index is 12.2. The largest absolute Gasteiger partial charge is 0.478 e. The number of carbonyl (C=O) groups excluding carboxylic acids is 1. The van der Waals surface area contributed by atoms with Crippen molar-refractivity contribution in [3.8, 4) is 0 Å². The number of fused-ring (bicyclic) bond motifs is 1. The Morgan fingerprint density at radius 2 is 2.17 bits per heavy atom. The highest BCUT2D eigenvalue weighted by Gasteiger charge is 2.28. The van der Waals surface area contributed by atoms with Gasteiger partial charge in [0, 0.05) is 17.5 Å². The van der Waals surface area contributed by atoms with E-state index in [0.29, 0.717) is 6.54 Å². The molecular formula is C13H13NO3S. The Morgan fingerprint density at radius 3 is 2.83 bits per heavy atom. The van der Waals surface area contributed by atoms with Crippen molar-refractivity contribution >= 4 is 29.3 Å². The normalized spacial score (nSPS) is 16.8. The molecule has 0 bridgehead atoms. The van der Waals surface area contributed by atoms with Gasteiger partial charge in [0.2, 0.25) is 0 Å². The molecule has 0 saturated heterocycles. The first kappa shape index (κ1) is 12.7. The van der Waals surface area contributed by atoms with Crippen molar-refractivity contribution in [2.24, 2.45) is 0 Å². The van der Waals surface area contributed by atoms with Gasteiger partial charge in [0.15, 0.2) is 0 Å². The number of carbonyl (C=O) groups is 2. The predicted molar refractivity (Wildman–Crippen MR) is 70.7 cm³/mol. The van der Waals surface area contributed by atoms with Crippen LogP contribution in [-0.2, 0) is 9.59 Å². The van der Waals surface area contributed by atoms with E-state index in [1.807, 2.05) is 31.2 Å². The minimum absolute atomic E-state index is 0.233. The van der Waals surface area contributed by atoms with Crippen LogP contribution in [-0.4, -0.2) is 23.5 Å². The van der Waals surface area contributed by atoms with Gasteiger partial charge >= 0.3 is 5.97 Å². The molecule has 1 heterocycles. The SMILES string of the molecule is CCCN1C(=O)/C(=C/C(=O)O)Sc2ccccc21. The van der Waals surface area contributed by atoms with Gasteiger partial charge in [-0.05, 0) is 18.6 Å². The summed E-state index contributed by atoms with van der Waals surface area (Å²) in [6.07, 6.45) is 1.80. The van der Waals surface area contributed by atoms with E-state index in [9.17, 15) is 9.59 Å². The summed E-state index contributed by atoms with van der Waals surface area (Å²) in [5.41, 5.74) is 0.858. The Morgan fingerprint density at radius 1 is 1.44 bits per heavy atom. The Labute approximate surface area is 109 Å². The Kier molecular flexibility index (Phi) is 3.72. The number of anilines is 1. The summed E-state index contributed by atoms with van der Waals surface area (Å²) in [4.78, 5) is 25.7. The molecule has 0 radical (unpaired) electrons. The van der Waals surface area contributed by atoms with E-state index in [0.717, 1.165) is 23.1 Å². The minimum atomic E-state index is -1.10. The zero-order valence-corrected chi connectivity index (χ0v) is 10.7. The molecule has 0 aromatic heterocycles. The highest BCUT2D eigenvalue weighted by atomic mass is 32.2. The average molecular weight is 263 g/mol. The van der Waals surface area contributed by atoms with E-state index in [2.05, 4.69) is 0 Å². The summed E-state index contributed by atoms with van der Waals surface area (Å²) in [6.45, 7) is 2.57. The summed E-state index contributed by atoms with van der Waals surface area (Å²) >= 11 is 1.21. The number of hydrogen-bond donors (Lipinski definition) is 1. The summed E-state index contributed by atoms with van der Waals surface area (Å²) in [5, 5.41) is 8.79. The van der Waals surface area contributed by atoms with Crippen LogP contribution in [0.3, 0.4) is 0 Å². The van der Waals surface area contributed by atoms with Gasteiger partial charge in [-0.25, -0.2) is 4.79 Å². The monoisotopic (exact) mass is 263 g/mol. The average Bonchev–Trinajstić information content (AvgIpc) is 2.34. The van der Waals surface area contributed by atoms with Crippen LogP contribution < -0.4 is 4.90 Å². The lowest BCUT2D eigenvalue weighted by atomic mass is 10.2. The number of thioether (sulfide) groups is 1. The van der Waals surface area contributed by atoms with Crippen molar-refractivity contribution < 1.29 is 14.7 Å².